The van der Waals surface area contributed by atoms with Crippen LogP contribution in [-0.4, -0.2) is 53.1 Å². The van der Waals surface area contributed by atoms with E-state index in [0.717, 1.165) is 5.69 Å². The molecule has 1 rings (SSSR count). The van der Waals surface area contributed by atoms with Gasteiger partial charge in [-0.1, -0.05) is 12.2 Å². The highest BCUT2D eigenvalue weighted by molar-refractivity contribution is 7.80. The van der Waals surface area contributed by atoms with Crippen molar-refractivity contribution in [3.8, 4) is 0 Å². The molecule has 0 aliphatic rings. The number of rotatable bonds is 5. The van der Waals surface area contributed by atoms with Crippen LogP contribution in [0.5, 0.6) is 0 Å². The summed E-state index contributed by atoms with van der Waals surface area (Å²) >= 11 is 4.88. The molecule has 0 aliphatic carbocycles. The van der Waals surface area contributed by atoms with Crippen molar-refractivity contribution in [1.29, 1.82) is 0 Å². The van der Waals surface area contributed by atoms with Crippen LogP contribution in [0.15, 0.2) is 6.07 Å². The molecule has 0 saturated heterocycles. The van der Waals surface area contributed by atoms with Crippen LogP contribution in [0.2, 0.25) is 0 Å². The van der Waals surface area contributed by atoms with Crippen LogP contribution in [0, 0.1) is 6.92 Å². The van der Waals surface area contributed by atoms with Crippen LogP contribution in [0.1, 0.15) is 11.4 Å². The highest BCUT2D eigenvalue weighted by Crippen LogP contribution is 2.04. The third-order valence-corrected chi connectivity index (χ3v) is 2.41. The Morgan fingerprint density at radius 1 is 1.42 bits per heavy atom. The zero-order valence-electron chi connectivity index (χ0n) is 11.2. The van der Waals surface area contributed by atoms with Crippen LogP contribution < -0.4 is 16.4 Å². The summed E-state index contributed by atoms with van der Waals surface area (Å²) < 4.78 is 0. The molecule has 19 heavy (non-hydrogen) atoms. The lowest BCUT2D eigenvalue weighted by Gasteiger charge is -2.12. The van der Waals surface area contributed by atoms with Gasteiger partial charge in [-0.3, -0.25) is 0 Å². The van der Waals surface area contributed by atoms with Crippen LogP contribution in [0.4, 0.5) is 10.7 Å². The number of aryl methyl sites for hydroxylation is 1. The van der Waals surface area contributed by atoms with E-state index in [2.05, 4.69) is 20.6 Å². The lowest BCUT2D eigenvalue weighted by molar-refractivity contribution is 0.218. The number of amides is 2. The van der Waals surface area contributed by atoms with E-state index in [1.165, 1.54) is 4.90 Å². The molecule has 0 aromatic carbocycles. The summed E-state index contributed by atoms with van der Waals surface area (Å²) in [5.74, 6) is 0.446. The monoisotopic (exact) mass is 282 g/mol. The molecule has 104 valence electrons. The van der Waals surface area contributed by atoms with Crippen molar-refractivity contribution in [3.63, 3.8) is 0 Å². The molecule has 1 aromatic rings. The third-order valence-electron chi connectivity index (χ3n) is 2.20. The summed E-state index contributed by atoms with van der Waals surface area (Å²) in [5.41, 5.74) is 6.84. The minimum Gasteiger partial charge on any atom is -0.388 e. The fraction of sp³-hybridized carbons (Fsp3) is 0.455. The van der Waals surface area contributed by atoms with E-state index < -0.39 is 0 Å². The first-order valence-corrected chi connectivity index (χ1v) is 6.15. The lowest BCUT2D eigenvalue weighted by atomic mass is 10.3. The fourth-order valence-corrected chi connectivity index (χ4v) is 1.38. The summed E-state index contributed by atoms with van der Waals surface area (Å²) in [7, 11) is 3.36. The summed E-state index contributed by atoms with van der Waals surface area (Å²) in [4.78, 5) is 21.4. The Hall–Kier alpha value is -1.96. The van der Waals surface area contributed by atoms with E-state index in [4.69, 9.17) is 18.0 Å². The number of aromatic nitrogens is 2. The number of nitrogens with one attached hydrogen (secondary N) is 2. The van der Waals surface area contributed by atoms with Crippen molar-refractivity contribution >= 4 is 29.2 Å². The van der Waals surface area contributed by atoms with Crippen LogP contribution in [0.3, 0.4) is 0 Å². The van der Waals surface area contributed by atoms with E-state index in [0.29, 0.717) is 24.7 Å². The number of carbonyl (C=O) groups excluding carboxylic acids is 1. The van der Waals surface area contributed by atoms with Gasteiger partial charge in [0, 0.05) is 32.9 Å². The number of thiocarbonyl (C=S) groups is 1. The van der Waals surface area contributed by atoms with Crippen molar-refractivity contribution in [2.45, 2.75) is 6.92 Å². The first-order chi connectivity index (χ1) is 8.90. The third kappa shape index (κ3) is 5.04. The van der Waals surface area contributed by atoms with Crippen molar-refractivity contribution in [2.24, 2.45) is 5.73 Å². The Balaban J connectivity index is 2.49. The second-order valence-electron chi connectivity index (χ2n) is 4.14. The Labute approximate surface area is 117 Å². The first kappa shape index (κ1) is 15.1. The first-order valence-electron chi connectivity index (χ1n) is 5.74. The van der Waals surface area contributed by atoms with Gasteiger partial charge in [0.25, 0.3) is 0 Å². The Bertz CT molecular complexity index is 476. The number of urea groups is 1. The van der Waals surface area contributed by atoms with Crippen molar-refractivity contribution in [1.82, 2.24) is 20.2 Å². The molecule has 0 atom stereocenters. The van der Waals surface area contributed by atoms with Gasteiger partial charge in [-0.15, -0.1) is 0 Å². The SMILES string of the molecule is Cc1cc(C(N)=S)nc(NCCNC(=O)N(C)C)n1. The standard InChI is InChI=1S/C11H18N6OS/c1-7-6-8(9(12)19)16-10(15-7)13-4-5-14-11(18)17(2)3/h6H,4-5H2,1-3H3,(H2,12,19)(H,14,18)(H,13,15,16). The van der Waals surface area contributed by atoms with Gasteiger partial charge in [0.15, 0.2) is 0 Å². The molecule has 0 bridgehead atoms. The molecular weight excluding hydrogens is 264 g/mol. The topological polar surface area (TPSA) is 96.2 Å². The summed E-state index contributed by atoms with van der Waals surface area (Å²) in [5, 5.41) is 5.73. The maximum atomic E-state index is 11.3. The molecule has 0 unspecified atom stereocenters. The fourth-order valence-electron chi connectivity index (χ4n) is 1.28. The van der Waals surface area contributed by atoms with Gasteiger partial charge in [0.2, 0.25) is 5.95 Å². The summed E-state index contributed by atoms with van der Waals surface area (Å²) in [6, 6.07) is 1.58. The smallest absolute Gasteiger partial charge is 0.316 e. The normalized spacial score (nSPS) is 9.84. The Morgan fingerprint density at radius 3 is 2.68 bits per heavy atom. The van der Waals surface area contributed by atoms with Gasteiger partial charge in [-0.25, -0.2) is 14.8 Å². The maximum absolute atomic E-state index is 11.3. The quantitative estimate of drug-likeness (QED) is 0.524. The predicted octanol–water partition coefficient (Wildman–Crippen LogP) is 0.102. The van der Waals surface area contributed by atoms with Gasteiger partial charge >= 0.3 is 6.03 Å². The molecule has 0 radical (unpaired) electrons. The second kappa shape index (κ2) is 6.83. The molecule has 1 aromatic heterocycles. The number of hydrogen-bond donors (Lipinski definition) is 3. The molecule has 1 heterocycles. The molecule has 4 N–H and O–H groups in total. The van der Waals surface area contributed by atoms with E-state index in [1.54, 1.807) is 20.2 Å². The molecule has 0 fully saturated rings. The summed E-state index contributed by atoms with van der Waals surface area (Å²) in [6.07, 6.45) is 0. The van der Waals surface area contributed by atoms with Crippen LogP contribution >= 0.6 is 12.2 Å². The number of nitrogens with two attached hydrogens (primary N) is 1. The van der Waals surface area contributed by atoms with Gasteiger partial charge < -0.3 is 21.3 Å². The molecule has 8 heteroatoms. The maximum Gasteiger partial charge on any atom is 0.316 e. The van der Waals surface area contributed by atoms with Crippen LogP contribution in [-0.2, 0) is 0 Å². The number of hydrogen-bond acceptors (Lipinski definition) is 5. The highest BCUT2D eigenvalue weighted by Gasteiger charge is 2.05. The lowest BCUT2D eigenvalue weighted by Crippen LogP contribution is -2.37. The number of nitrogens with zero attached hydrogens (tertiary/aromatic N) is 3. The van der Waals surface area contributed by atoms with E-state index in [-0.39, 0.29) is 11.0 Å². The molecule has 7 nitrogen and oxygen atoms in total. The minimum absolute atomic E-state index is 0.143. The second-order valence-corrected chi connectivity index (χ2v) is 4.58. The molecule has 0 saturated carbocycles. The largest absolute Gasteiger partial charge is 0.388 e. The molecule has 2 amide bonds. The van der Waals surface area contributed by atoms with Crippen LogP contribution in [0.25, 0.3) is 0 Å². The molecular formula is C11H18N6OS. The zero-order valence-corrected chi connectivity index (χ0v) is 12.0. The Morgan fingerprint density at radius 2 is 2.11 bits per heavy atom. The van der Waals surface area contributed by atoms with Gasteiger partial charge in [-0.05, 0) is 13.0 Å². The van der Waals surface area contributed by atoms with E-state index in [9.17, 15) is 4.79 Å². The van der Waals surface area contributed by atoms with Crippen molar-refractivity contribution in [3.05, 3.63) is 17.5 Å². The predicted molar refractivity (Wildman–Crippen MR) is 78.2 cm³/mol. The average molecular weight is 282 g/mol. The van der Waals surface area contributed by atoms with Gasteiger partial charge in [0.1, 0.15) is 10.7 Å². The number of anilines is 1. The van der Waals surface area contributed by atoms with E-state index in [1.807, 2.05) is 6.92 Å². The Kier molecular flexibility index (Phi) is 5.43. The summed E-state index contributed by atoms with van der Waals surface area (Å²) in [6.45, 7) is 2.82. The zero-order chi connectivity index (χ0) is 14.4. The van der Waals surface area contributed by atoms with Crippen molar-refractivity contribution < 1.29 is 4.79 Å². The van der Waals surface area contributed by atoms with Gasteiger partial charge in [-0.2, -0.15) is 0 Å². The minimum atomic E-state index is -0.143. The van der Waals surface area contributed by atoms with E-state index >= 15 is 0 Å². The van der Waals surface area contributed by atoms with Crippen molar-refractivity contribution in [2.75, 3.05) is 32.5 Å². The number of carbonyl (C=O) groups is 1. The molecule has 0 aliphatic heterocycles. The molecule has 0 spiro atoms. The highest BCUT2D eigenvalue weighted by atomic mass is 32.1. The average Bonchev–Trinajstić information content (AvgIpc) is 2.33. The van der Waals surface area contributed by atoms with Gasteiger partial charge in [0.05, 0.1) is 0 Å².